The molecule has 0 fully saturated rings. The lowest BCUT2D eigenvalue weighted by Gasteiger charge is -2.21. The molecule has 0 saturated carbocycles. The Morgan fingerprint density at radius 3 is 2.88 bits per heavy atom. The molecule has 0 atom stereocenters. The molecule has 0 bridgehead atoms. The van der Waals surface area contributed by atoms with Crippen LogP contribution in [0.15, 0.2) is 18.5 Å². The second kappa shape index (κ2) is 5.44. The van der Waals surface area contributed by atoms with Crippen molar-refractivity contribution >= 4 is 11.6 Å². The lowest BCUT2D eigenvalue weighted by molar-refractivity contribution is -0.118. The summed E-state index contributed by atoms with van der Waals surface area (Å²) in [6.45, 7) is 6.15. The van der Waals surface area contributed by atoms with Crippen LogP contribution in [0.3, 0.4) is 0 Å². The summed E-state index contributed by atoms with van der Waals surface area (Å²) in [5, 5.41) is 11.6. The first-order valence-electron chi connectivity index (χ1n) is 5.62. The van der Waals surface area contributed by atoms with Gasteiger partial charge in [-0.05, 0) is 11.5 Å². The summed E-state index contributed by atoms with van der Waals surface area (Å²) in [4.78, 5) is 15.7. The number of nitrogens with one attached hydrogen (secondary N) is 1. The quantitative estimate of drug-likeness (QED) is 0.866. The van der Waals surface area contributed by atoms with E-state index < -0.39 is 0 Å². The summed E-state index contributed by atoms with van der Waals surface area (Å²) in [5.74, 6) is -0.0699. The average molecular weight is 231 g/mol. The van der Waals surface area contributed by atoms with E-state index in [0.717, 1.165) is 6.42 Å². The second-order valence-electron chi connectivity index (χ2n) is 4.78. The number of aromatic nitrogens is 1. The molecule has 0 aliphatic rings. The van der Waals surface area contributed by atoms with Crippen molar-refractivity contribution in [3.63, 3.8) is 0 Å². The molecule has 1 aromatic heterocycles. The van der Waals surface area contributed by atoms with Crippen molar-refractivity contribution in [2.75, 3.05) is 5.32 Å². The molecule has 0 aliphatic heterocycles. The molecule has 4 heteroatoms. The summed E-state index contributed by atoms with van der Waals surface area (Å²) in [5.41, 5.74) is 0.888. The zero-order valence-electron chi connectivity index (χ0n) is 10.4. The van der Waals surface area contributed by atoms with Gasteiger partial charge in [-0.25, -0.2) is 0 Å². The molecule has 4 nitrogen and oxygen atoms in total. The topological polar surface area (TPSA) is 65.8 Å². The van der Waals surface area contributed by atoms with Gasteiger partial charge >= 0.3 is 0 Å². The monoisotopic (exact) mass is 231 g/mol. The number of anilines is 1. The molecular formula is C13H17N3O. The summed E-state index contributed by atoms with van der Waals surface area (Å²) in [6.07, 6.45) is 4.38. The highest BCUT2D eigenvalue weighted by Crippen LogP contribution is 2.25. The van der Waals surface area contributed by atoms with Gasteiger partial charge in [-0.2, -0.15) is 5.26 Å². The highest BCUT2D eigenvalue weighted by molar-refractivity contribution is 5.92. The molecule has 1 amide bonds. The van der Waals surface area contributed by atoms with Crippen molar-refractivity contribution in [1.29, 1.82) is 5.26 Å². The first kappa shape index (κ1) is 13.2. The van der Waals surface area contributed by atoms with Crippen LogP contribution >= 0.6 is 0 Å². The first-order chi connectivity index (χ1) is 7.98. The van der Waals surface area contributed by atoms with Crippen molar-refractivity contribution in [1.82, 2.24) is 4.98 Å². The Labute approximate surface area is 102 Å². The third-order valence-electron chi connectivity index (χ3n) is 2.81. The smallest absolute Gasteiger partial charge is 0.224 e. The van der Waals surface area contributed by atoms with Crippen LogP contribution in [0.4, 0.5) is 5.69 Å². The summed E-state index contributed by atoms with van der Waals surface area (Å²) < 4.78 is 0. The van der Waals surface area contributed by atoms with Crippen LogP contribution in [0.2, 0.25) is 0 Å². The molecule has 0 unspecified atom stereocenters. The van der Waals surface area contributed by atoms with E-state index in [1.165, 1.54) is 6.20 Å². The van der Waals surface area contributed by atoms with Gasteiger partial charge in [0.1, 0.15) is 6.07 Å². The second-order valence-corrected chi connectivity index (χ2v) is 4.78. The minimum Gasteiger partial charge on any atom is -0.325 e. The Balaban J connectivity index is 2.73. The molecule has 0 radical (unpaired) electrons. The third-order valence-corrected chi connectivity index (χ3v) is 2.81. The molecule has 0 aromatic carbocycles. The lowest BCUT2D eigenvalue weighted by atomic mass is 9.86. The Morgan fingerprint density at radius 1 is 1.59 bits per heavy atom. The maximum Gasteiger partial charge on any atom is 0.224 e. The Hall–Kier alpha value is -1.89. The van der Waals surface area contributed by atoms with Gasteiger partial charge in [-0.15, -0.1) is 0 Å². The number of pyridine rings is 1. The summed E-state index contributed by atoms with van der Waals surface area (Å²) in [7, 11) is 0. The molecule has 1 aromatic rings. The molecule has 1 N–H and O–H groups in total. The molecule has 17 heavy (non-hydrogen) atoms. The number of carbonyl (C=O) groups excluding carboxylic acids is 1. The third kappa shape index (κ3) is 3.87. The van der Waals surface area contributed by atoms with Gasteiger partial charge in [0.15, 0.2) is 0 Å². The summed E-state index contributed by atoms with van der Waals surface area (Å²) >= 11 is 0. The largest absolute Gasteiger partial charge is 0.325 e. The van der Waals surface area contributed by atoms with Gasteiger partial charge < -0.3 is 5.32 Å². The van der Waals surface area contributed by atoms with E-state index in [1.807, 2.05) is 19.9 Å². The van der Waals surface area contributed by atoms with Crippen LogP contribution in [0.5, 0.6) is 0 Å². The highest BCUT2D eigenvalue weighted by Gasteiger charge is 2.20. The Bertz CT molecular complexity index is 446. The number of hydrogen-bond acceptors (Lipinski definition) is 3. The first-order valence-corrected chi connectivity index (χ1v) is 5.62. The molecule has 90 valence electrons. The van der Waals surface area contributed by atoms with E-state index in [2.05, 4.69) is 17.2 Å². The van der Waals surface area contributed by atoms with Crippen molar-refractivity contribution in [3.8, 4) is 6.07 Å². The molecular weight excluding hydrogens is 214 g/mol. The fraction of sp³-hybridized carbons (Fsp3) is 0.462. The predicted molar refractivity (Wildman–Crippen MR) is 66.3 cm³/mol. The fourth-order valence-corrected chi connectivity index (χ4v) is 1.35. The number of hydrogen-bond donors (Lipinski definition) is 1. The zero-order valence-corrected chi connectivity index (χ0v) is 10.4. The molecule has 1 rings (SSSR count). The van der Waals surface area contributed by atoms with E-state index in [0.29, 0.717) is 17.7 Å². The van der Waals surface area contributed by atoms with E-state index in [-0.39, 0.29) is 11.3 Å². The highest BCUT2D eigenvalue weighted by atomic mass is 16.1. The van der Waals surface area contributed by atoms with E-state index in [9.17, 15) is 4.79 Å². The SMILES string of the molecule is CCC(C)(C)CC(=O)Nc1ccncc1C#N. The van der Waals surface area contributed by atoms with Crippen molar-refractivity contribution in [2.45, 2.75) is 33.6 Å². The van der Waals surface area contributed by atoms with Crippen molar-refractivity contribution < 1.29 is 4.79 Å². The zero-order chi connectivity index (χ0) is 12.9. The maximum atomic E-state index is 11.8. The van der Waals surface area contributed by atoms with Crippen molar-refractivity contribution in [2.24, 2.45) is 5.41 Å². The van der Waals surface area contributed by atoms with Gasteiger partial charge in [0.2, 0.25) is 5.91 Å². The maximum absolute atomic E-state index is 11.8. The standard InChI is InChI=1S/C13H17N3O/c1-4-13(2,3)7-12(17)16-11-5-6-15-9-10(11)8-14/h5-6,9H,4,7H2,1-3H3,(H,15,16,17). The Morgan fingerprint density at radius 2 is 2.29 bits per heavy atom. The van der Waals surface area contributed by atoms with Gasteiger partial charge in [0.25, 0.3) is 0 Å². The van der Waals surface area contributed by atoms with E-state index >= 15 is 0 Å². The van der Waals surface area contributed by atoms with Crippen LogP contribution in [0, 0.1) is 16.7 Å². The van der Waals surface area contributed by atoms with Crippen LogP contribution in [0.1, 0.15) is 39.2 Å². The fourth-order valence-electron chi connectivity index (χ4n) is 1.35. The van der Waals surface area contributed by atoms with Crippen molar-refractivity contribution in [3.05, 3.63) is 24.0 Å². The molecule has 0 spiro atoms. The molecule has 0 saturated heterocycles. The van der Waals surface area contributed by atoms with Gasteiger partial charge in [-0.1, -0.05) is 27.2 Å². The number of carbonyl (C=O) groups is 1. The predicted octanol–water partition coefficient (Wildman–Crippen LogP) is 2.72. The normalized spacial score (nSPS) is 10.7. The van der Waals surface area contributed by atoms with Crippen LogP contribution < -0.4 is 5.32 Å². The van der Waals surface area contributed by atoms with Gasteiger partial charge in [0.05, 0.1) is 11.3 Å². The number of nitrogens with zero attached hydrogens (tertiary/aromatic N) is 2. The number of amides is 1. The summed E-state index contributed by atoms with van der Waals surface area (Å²) in [6, 6.07) is 3.63. The minimum atomic E-state index is -0.0699. The number of rotatable bonds is 4. The van der Waals surface area contributed by atoms with Crippen LogP contribution in [-0.4, -0.2) is 10.9 Å². The Kier molecular flexibility index (Phi) is 4.22. The van der Waals surface area contributed by atoms with E-state index in [4.69, 9.17) is 5.26 Å². The van der Waals surface area contributed by atoms with Gasteiger partial charge in [0, 0.05) is 18.8 Å². The number of nitriles is 1. The molecule has 0 aliphatic carbocycles. The minimum absolute atomic E-state index is 0.0239. The van der Waals surface area contributed by atoms with E-state index in [1.54, 1.807) is 12.3 Å². The van der Waals surface area contributed by atoms with Gasteiger partial charge in [-0.3, -0.25) is 9.78 Å². The lowest BCUT2D eigenvalue weighted by Crippen LogP contribution is -2.22. The molecule has 1 heterocycles. The van der Waals surface area contributed by atoms with Crippen LogP contribution in [0.25, 0.3) is 0 Å². The van der Waals surface area contributed by atoms with Crippen LogP contribution in [-0.2, 0) is 4.79 Å². The average Bonchev–Trinajstić information content (AvgIpc) is 2.29.